The number of amides is 2. The summed E-state index contributed by atoms with van der Waals surface area (Å²) in [6.07, 6.45) is 1.54. The number of hydrogen-bond acceptors (Lipinski definition) is 4. The van der Waals surface area contributed by atoms with Gasteiger partial charge in [-0.1, -0.05) is 18.2 Å². The lowest BCUT2D eigenvalue weighted by Gasteiger charge is -2.14. The molecule has 0 radical (unpaired) electrons. The Morgan fingerprint density at radius 1 is 1.38 bits per heavy atom. The second-order valence-electron chi connectivity index (χ2n) is 4.42. The Morgan fingerprint density at radius 2 is 2.14 bits per heavy atom. The Labute approximate surface area is 125 Å². The molecule has 0 saturated heterocycles. The number of urea groups is 1. The average Bonchev–Trinajstić information content (AvgIpc) is 2.94. The molecule has 2 amide bonds. The number of aromatic nitrogens is 1. The van der Waals surface area contributed by atoms with E-state index in [0.29, 0.717) is 11.3 Å². The highest BCUT2D eigenvalue weighted by molar-refractivity contribution is 7.09. The van der Waals surface area contributed by atoms with Crippen LogP contribution in [0.1, 0.15) is 23.5 Å². The number of anilines is 1. The van der Waals surface area contributed by atoms with Crippen molar-refractivity contribution in [2.75, 3.05) is 5.32 Å². The lowest BCUT2D eigenvalue weighted by molar-refractivity contribution is -0.136. The number of carboxylic acid groups (broad SMARTS) is 1. The fraction of sp³-hybridized carbons (Fsp3) is 0.214. The molecule has 3 N–H and O–H groups in total. The Hall–Kier alpha value is -2.41. The van der Waals surface area contributed by atoms with Crippen LogP contribution in [-0.4, -0.2) is 22.1 Å². The quantitative estimate of drug-likeness (QED) is 0.792. The fourth-order valence-corrected chi connectivity index (χ4v) is 2.47. The molecule has 7 heteroatoms. The van der Waals surface area contributed by atoms with E-state index in [1.165, 1.54) is 11.3 Å². The van der Waals surface area contributed by atoms with Crippen LogP contribution in [0.2, 0.25) is 0 Å². The van der Waals surface area contributed by atoms with Gasteiger partial charge in [0.05, 0.1) is 12.5 Å². The van der Waals surface area contributed by atoms with E-state index in [1.807, 2.05) is 12.3 Å². The van der Waals surface area contributed by atoms with Crippen molar-refractivity contribution in [2.24, 2.45) is 0 Å². The first-order chi connectivity index (χ1) is 10.1. The maximum Gasteiger partial charge on any atom is 0.319 e. The number of hydrogen-bond donors (Lipinski definition) is 3. The van der Waals surface area contributed by atoms with Gasteiger partial charge in [0, 0.05) is 17.3 Å². The van der Waals surface area contributed by atoms with E-state index < -0.39 is 12.0 Å². The van der Waals surface area contributed by atoms with Crippen LogP contribution in [0.3, 0.4) is 0 Å². The van der Waals surface area contributed by atoms with Crippen molar-refractivity contribution in [3.05, 3.63) is 46.4 Å². The number of nitrogens with zero attached hydrogens (tertiary/aromatic N) is 1. The molecule has 110 valence electrons. The van der Waals surface area contributed by atoms with Crippen molar-refractivity contribution in [3.8, 4) is 0 Å². The number of carbonyl (C=O) groups excluding carboxylic acids is 1. The van der Waals surface area contributed by atoms with Gasteiger partial charge < -0.3 is 15.7 Å². The molecule has 0 fully saturated rings. The maximum absolute atomic E-state index is 12.0. The van der Waals surface area contributed by atoms with Gasteiger partial charge in [-0.2, -0.15) is 0 Å². The first-order valence-electron chi connectivity index (χ1n) is 6.33. The summed E-state index contributed by atoms with van der Waals surface area (Å²) in [6.45, 7) is 1.83. The number of carboxylic acids is 1. The highest BCUT2D eigenvalue weighted by atomic mass is 32.1. The number of nitrogens with one attached hydrogen (secondary N) is 2. The number of thiazole rings is 1. The summed E-state index contributed by atoms with van der Waals surface area (Å²) in [5, 5.41) is 16.9. The zero-order valence-corrected chi connectivity index (χ0v) is 12.2. The highest BCUT2D eigenvalue weighted by Gasteiger charge is 2.13. The van der Waals surface area contributed by atoms with Gasteiger partial charge in [-0.15, -0.1) is 11.3 Å². The zero-order valence-electron chi connectivity index (χ0n) is 11.4. The predicted molar refractivity (Wildman–Crippen MR) is 80.5 cm³/mol. The summed E-state index contributed by atoms with van der Waals surface area (Å²) in [5.74, 6) is -0.944. The molecule has 0 spiro atoms. The molecule has 21 heavy (non-hydrogen) atoms. The molecule has 1 aromatic heterocycles. The normalized spacial score (nSPS) is 11.7. The third-order valence-electron chi connectivity index (χ3n) is 2.78. The molecular weight excluding hydrogens is 290 g/mol. The third-order valence-corrected chi connectivity index (χ3v) is 3.73. The minimum atomic E-state index is -0.944. The first-order valence-corrected chi connectivity index (χ1v) is 7.21. The Morgan fingerprint density at radius 3 is 2.81 bits per heavy atom. The van der Waals surface area contributed by atoms with E-state index in [-0.39, 0.29) is 12.5 Å². The van der Waals surface area contributed by atoms with Crippen LogP contribution < -0.4 is 10.6 Å². The molecule has 1 heterocycles. The third kappa shape index (κ3) is 4.28. The van der Waals surface area contributed by atoms with Gasteiger partial charge in [0.1, 0.15) is 5.01 Å². The van der Waals surface area contributed by atoms with E-state index in [4.69, 9.17) is 5.11 Å². The Bertz CT molecular complexity index is 628. The average molecular weight is 305 g/mol. The minimum Gasteiger partial charge on any atom is -0.481 e. The maximum atomic E-state index is 12.0. The lowest BCUT2D eigenvalue weighted by Crippen LogP contribution is -2.31. The fourth-order valence-electron chi connectivity index (χ4n) is 1.82. The van der Waals surface area contributed by atoms with E-state index in [0.717, 1.165) is 5.01 Å². The van der Waals surface area contributed by atoms with Crippen LogP contribution in [0.4, 0.5) is 10.5 Å². The Balaban J connectivity index is 2.01. The van der Waals surface area contributed by atoms with Crippen molar-refractivity contribution >= 4 is 29.0 Å². The van der Waals surface area contributed by atoms with Gasteiger partial charge in [0.15, 0.2) is 0 Å². The van der Waals surface area contributed by atoms with Gasteiger partial charge in [-0.3, -0.25) is 4.79 Å². The number of benzene rings is 1. The Kier molecular flexibility index (Phi) is 4.89. The van der Waals surface area contributed by atoms with E-state index >= 15 is 0 Å². The number of rotatable bonds is 5. The lowest BCUT2D eigenvalue weighted by atomic mass is 10.1. The standard InChI is InChI=1S/C14H15N3O3S/c1-9(13-15-6-7-21-13)16-14(20)17-11-5-3-2-4-10(11)8-12(18)19/h2-7,9H,8H2,1H3,(H,18,19)(H2,16,17,20). The van der Waals surface area contributed by atoms with Crippen LogP contribution in [0, 0.1) is 0 Å². The molecule has 0 aliphatic heterocycles. The second kappa shape index (κ2) is 6.85. The van der Waals surface area contributed by atoms with Crippen LogP contribution in [0.25, 0.3) is 0 Å². The number of aliphatic carboxylic acids is 1. The predicted octanol–water partition coefficient (Wildman–Crippen LogP) is 2.65. The molecule has 0 bridgehead atoms. The molecule has 0 aliphatic rings. The summed E-state index contributed by atoms with van der Waals surface area (Å²) in [4.78, 5) is 26.9. The highest BCUT2D eigenvalue weighted by Crippen LogP contribution is 2.17. The molecule has 6 nitrogen and oxygen atoms in total. The van der Waals surface area contributed by atoms with Crippen LogP contribution in [-0.2, 0) is 11.2 Å². The van der Waals surface area contributed by atoms with Crippen LogP contribution in [0.5, 0.6) is 0 Å². The monoisotopic (exact) mass is 305 g/mol. The molecule has 2 rings (SSSR count). The van der Waals surface area contributed by atoms with Crippen molar-refractivity contribution in [3.63, 3.8) is 0 Å². The van der Waals surface area contributed by atoms with Crippen molar-refractivity contribution in [1.82, 2.24) is 10.3 Å². The molecule has 0 saturated carbocycles. The largest absolute Gasteiger partial charge is 0.481 e. The van der Waals surface area contributed by atoms with Crippen LogP contribution in [0.15, 0.2) is 35.8 Å². The zero-order chi connectivity index (χ0) is 15.2. The van der Waals surface area contributed by atoms with Crippen molar-refractivity contribution < 1.29 is 14.7 Å². The van der Waals surface area contributed by atoms with Crippen molar-refractivity contribution in [1.29, 1.82) is 0 Å². The molecule has 1 aromatic carbocycles. The number of carbonyl (C=O) groups is 2. The van der Waals surface area contributed by atoms with Gasteiger partial charge in [-0.25, -0.2) is 9.78 Å². The summed E-state index contributed by atoms with van der Waals surface area (Å²) in [6, 6.07) is 6.22. The minimum absolute atomic E-state index is 0.140. The second-order valence-corrected chi connectivity index (χ2v) is 5.34. The van der Waals surface area contributed by atoms with Crippen LogP contribution >= 0.6 is 11.3 Å². The summed E-state index contributed by atoms with van der Waals surface area (Å²) < 4.78 is 0. The molecule has 1 atom stereocenters. The summed E-state index contributed by atoms with van der Waals surface area (Å²) >= 11 is 1.46. The van der Waals surface area contributed by atoms with Gasteiger partial charge in [-0.05, 0) is 18.6 Å². The van der Waals surface area contributed by atoms with Crippen molar-refractivity contribution in [2.45, 2.75) is 19.4 Å². The van der Waals surface area contributed by atoms with Gasteiger partial charge in [0.25, 0.3) is 0 Å². The smallest absolute Gasteiger partial charge is 0.319 e. The van der Waals surface area contributed by atoms with E-state index in [1.54, 1.807) is 30.5 Å². The molecule has 2 aromatic rings. The van der Waals surface area contributed by atoms with E-state index in [2.05, 4.69) is 15.6 Å². The summed E-state index contributed by atoms with van der Waals surface area (Å²) in [7, 11) is 0. The summed E-state index contributed by atoms with van der Waals surface area (Å²) in [5.41, 5.74) is 1.05. The topological polar surface area (TPSA) is 91.3 Å². The van der Waals surface area contributed by atoms with Gasteiger partial charge in [0.2, 0.25) is 0 Å². The number of para-hydroxylation sites is 1. The van der Waals surface area contributed by atoms with E-state index in [9.17, 15) is 9.59 Å². The molecule has 1 unspecified atom stereocenters. The first kappa shape index (κ1) is 15.0. The molecule has 0 aliphatic carbocycles. The SMILES string of the molecule is CC(NC(=O)Nc1ccccc1CC(=O)O)c1nccs1. The van der Waals surface area contributed by atoms with Gasteiger partial charge >= 0.3 is 12.0 Å². The molecular formula is C14H15N3O3S.